The predicted octanol–water partition coefficient (Wildman–Crippen LogP) is 4.05. The average molecular weight is 582 g/mol. The Balaban J connectivity index is 1.79. The molecule has 1 fully saturated rings. The van der Waals surface area contributed by atoms with Crippen LogP contribution in [-0.2, 0) is 16.0 Å². The van der Waals surface area contributed by atoms with E-state index in [1.807, 2.05) is 51.1 Å². The van der Waals surface area contributed by atoms with E-state index in [4.69, 9.17) is 0 Å². The number of aromatic hydroxyl groups is 2. The maximum Gasteiger partial charge on any atom is 0.255 e. The summed E-state index contributed by atoms with van der Waals surface area (Å²) in [7, 11) is 0. The number of phenolic OH excluding ortho intramolecular Hbond substituents is 2. The smallest absolute Gasteiger partial charge is 0.255 e. The SMILES string of the molecule is CC(C)[C@H](NC(=O)c1cc(O)ccc1O)C(=O)N[C@@H](Cc1ccccc1)[C@H](O)C[C@@H]1CCCC[C@H]1C(=O)NC(C)(C)C. The van der Waals surface area contributed by atoms with Gasteiger partial charge in [0.05, 0.1) is 17.7 Å². The standard InChI is InChI=1S/C33H47N3O6/c1-20(2)29(35-30(40)25-19-23(37)15-16-27(25)38)32(42)34-26(17-21-11-7-6-8-12-21)28(39)18-22-13-9-10-14-24(22)31(41)36-33(3,4)5/h6-8,11-12,15-16,19-20,22,24,26,28-29,37-39H,9-10,13-14,17-18H2,1-5H3,(H,34,42)(H,35,40)(H,36,41)/t22-,24+,26-,28+,29-/m0/s1. The first-order valence-electron chi connectivity index (χ1n) is 14.9. The van der Waals surface area contributed by atoms with Crippen molar-refractivity contribution in [1.29, 1.82) is 0 Å². The fourth-order valence-electron chi connectivity index (χ4n) is 5.66. The van der Waals surface area contributed by atoms with E-state index >= 15 is 0 Å². The third-order valence-electron chi connectivity index (χ3n) is 7.84. The van der Waals surface area contributed by atoms with Crippen molar-refractivity contribution in [3.63, 3.8) is 0 Å². The summed E-state index contributed by atoms with van der Waals surface area (Å²) in [4.78, 5) is 39.7. The third-order valence-corrected chi connectivity index (χ3v) is 7.84. The molecule has 0 heterocycles. The molecule has 0 bridgehead atoms. The second-order valence-electron chi connectivity index (χ2n) is 12.9. The van der Waals surface area contributed by atoms with Crippen LogP contribution >= 0.6 is 0 Å². The Morgan fingerprint density at radius 1 is 0.952 bits per heavy atom. The zero-order valence-electron chi connectivity index (χ0n) is 25.4. The molecular formula is C33H47N3O6. The monoisotopic (exact) mass is 581 g/mol. The zero-order valence-corrected chi connectivity index (χ0v) is 25.4. The van der Waals surface area contributed by atoms with Crippen molar-refractivity contribution in [2.24, 2.45) is 17.8 Å². The number of aliphatic hydroxyl groups is 1. The molecule has 1 aliphatic carbocycles. The van der Waals surface area contributed by atoms with E-state index in [0.29, 0.717) is 12.8 Å². The molecule has 9 nitrogen and oxygen atoms in total. The molecule has 42 heavy (non-hydrogen) atoms. The Hall–Kier alpha value is -3.59. The van der Waals surface area contributed by atoms with E-state index in [-0.39, 0.29) is 46.3 Å². The van der Waals surface area contributed by atoms with Gasteiger partial charge in [-0.2, -0.15) is 0 Å². The minimum absolute atomic E-state index is 0.000769. The quantitative estimate of drug-likeness (QED) is 0.221. The summed E-state index contributed by atoms with van der Waals surface area (Å²) in [5.41, 5.74) is 0.432. The predicted molar refractivity (Wildman–Crippen MR) is 162 cm³/mol. The summed E-state index contributed by atoms with van der Waals surface area (Å²) in [6.45, 7) is 9.43. The summed E-state index contributed by atoms with van der Waals surface area (Å²) in [6.07, 6.45) is 3.32. The zero-order chi connectivity index (χ0) is 31.0. The number of aliphatic hydroxyl groups excluding tert-OH is 1. The lowest BCUT2D eigenvalue weighted by atomic mass is 9.74. The normalized spacial score (nSPS) is 19.4. The van der Waals surface area contributed by atoms with Crippen LogP contribution in [-0.4, -0.2) is 56.8 Å². The van der Waals surface area contributed by atoms with Crippen LogP contribution in [0.3, 0.4) is 0 Å². The van der Waals surface area contributed by atoms with E-state index < -0.39 is 30.0 Å². The summed E-state index contributed by atoms with van der Waals surface area (Å²) < 4.78 is 0. The summed E-state index contributed by atoms with van der Waals surface area (Å²) in [5, 5.41) is 40.2. The van der Waals surface area contributed by atoms with Crippen molar-refractivity contribution < 1.29 is 29.7 Å². The van der Waals surface area contributed by atoms with Gasteiger partial charge in [0.2, 0.25) is 11.8 Å². The maximum atomic E-state index is 13.6. The Morgan fingerprint density at radius 3 is 2.26 bits per heavy atom. The van der Waals surface area contributed by atoms with Crippen LogP contribution < -0.4 is 16.0 Å². The van der Waals surface area contributed by atoms with E-state index in [1.165, 1.54) is 12.1 Å². The lowest BCUT2D eigenvalue weighted by Crippen LogP contribution is -2.55. The third kappa shape index (κ3) is 9.48. The largest absolute Gasteiger partial charge is 0.508 e. The van der Waals surface area contributed by atoms with Crippen LogP contribution in [0.5, 0.6) is 11.5 Å². The number of rotatable bonds is 11. The highest BCUT2D eigenvalue weighted by Gasteiger charge is 2.36. The Labute approximate surface area is 249 Å². The highest BCUT2D eigenvalue weighted by Crippen LogP contribution is 2.34. The average Bonchev–Trinajstić information content (AvgIpc) is 2.92. The molecule has 6 N–H and O–H groups in total. The Kier molecular flexibility index (Phi) is 11.4. The van der Waals surface area contributed by atoms with Crippen LogP contribution in [0, 0.1) is 17.8 Å². The lowest BCUT2D eigenvalue weighted by Gasteiger charge is -2.36. The van der Waals surface area contributed by atoms with Crippen LogP contribution in [0.2, 0.25) is 0 Å². The molecule has 9 heteroatoms. The van der Waals surface area contributed by atoms with Crippen molar-refractivity contribution in [3.05, 3.63) is 59.7 Å². The minimum atomic E-state index is -0.968. The van der Waals surface area contributed by atoms with E-state index in [2.05, 4.69) is 16.0 Å². The number of hydrogen-bond acceptors (Lipinski definition) is 6. The van der Waals surface area contributed by atoms with E-state index in [9.17, 15) is 29.7 Å². The Morgan fingerprint density at radius 2 is 1.62 bits per heavy atom. The first kappa shape index (κ1) is 32.9. The van der Waals surface area contributed by atoms with Gasteiger partial charge in [-0.05, 0) is 82.1 Å². The molecule has 0 spiro atoms. The number of phenols is 2. The number of benzene rings is 2. The van der Waals surface area contributed by atoms with Crippen LogP contribution in [0.25, 0.3) is 0 Å². The summed E-state index contributed by atoms with van der Waals surface area (Å²) in [5.74, 6) is -2.22. The van der Waals surface area contributed by atoms with Crippen LogP contribution in [0.1, 0.15) is 82.6 Å². The molecule has 0 aliphatic heterocycles. The van der Waals surface area contributed by atoms with Crippen molar-refractivity contribution in [1.82, 2.24) is 16.0 Å². The van der Waals surface area contributed by atoms with Crippen LogP contribution in [0.4, 0.5) is 0 Å². The topological polar surface area (TPSA) is 148 Å². The van der Waals surface area contributed by atoms with Gasteiger partial charge in [0.1, 0.15) is 17.5 Å². The van der Waals surface area contributed by atoms with Gasteiger partial charge < -0.3 is 31.3 Å². The van der Waals surface area contributed by atoms with Gasteiger partial charge in [0.25, 0.3) is 5.91 Å². The fourth-order valence-corrected chi connectivity index (χ4v) is 5.66. The van der Waals surface area contributed by atoms with Gasteiger partial charge >= 0.3 is 0 Å². The highest BCUT2D eigenvalue weighted by molar-refractivity contribution is 6.00. The molecule has 230 valence electrons. The number of amides is 3. The van der Waals surface area contributed by atoms with Gasteiger partial charge in [-0.25, -0.2) is 0 Å². The van der Waals surface area contributed by atoms with Crippen molar-refractivity contribution in [2.45, 2.75) is 96.9 Å². The molecule has 2 aromatic rings. The van der Waals surface area contributed by atoms with Gasteiger partial charge in [-0.1, -0.05) is 57.0 Å². The highest BCUT2D eigenvalue weighted by atomic mass is 16.3. The number of carbonyl (C=O) groups excluding carboxylic acids is 3. The first-order chi connectivity index (χ1) is 19.7. The molecule has 0 radical (unpaired) electrons. The summed E-state index contributed by atoms with van der Waals surface area (Å²) in [6, 6.07) is 11.5. The number of hydrogen-bond donors (Lipinski definition) is 6. The van der Waals surface area contributed by atoms with Crippen molar-refractivity contribution in [2.75, 3.05) is 0 Å². The first-order valence-corrected chi connectivity index (χ1v) is 14.9. The van der Waals surface area contributed by atoms with Gasteiger partial charge in [0.15, 0.2) is 0 Å². The minimum Gasteiger partial charge on any atom is -0.508 e. The molecule has 0 aromatic heterocycles. The number of carbonyl (C=O) groups is 3. The second kappa shape index (κ2) is 14.5. The number of nitrogens with one attached hydrogen (secondary N) is 3. The second-order valence-corrected chi connectivity index (χ2v) is 12.9. The molecule has 3 rings (SSSR count). The van der Waals surface area contributed by atoms with Gasteiger partial charge in [0, 0.05) is 11.5 Å². The van der Waals surface area contributed by atoms with Crippen molar-refractivity contribution in [3.8, 4) is 11.5 Å². The molecule has 0 unspecified atom stereocenters. The van der Waals surface area contributed by atoms with Gasteiger partial charge in [-0.3, -0.25) is 14.4 Å². The fraction of sp³-hybridized carbons (Fsp3) is 0.545. The molecular weight excluding hydrogens is 534 g/mol. The molecule has 2 aromatic carbocycles. The van der Waals surface area contributed by atoms with E-state index in [0.717, 1.165) is 37.3 Å². The van der Waals surface area contributed by atoms with Gasteiger partial charge in [-0.15, -0.1) is 0 Å². The van der Waals surface area contributed by atoms with E-state index in [1.54, 1.807) is 13.8 Å². The molecule has 1 aliphatic rings. The maximum absolute atomic E-state index is 13.6. The summed E-state index contributed by atoms with van der Waals surface area (Å²) >= 11 is 0. The van der Waals surface area contributed by atoms with Crippen LogP contribution in [0.15, 0.2) is 48.5 Å². The molecule has 5 atom stereocenters. The molecule has 1 saturated carbocycles. The van der Waals surface area contributed by atoms with Crippen molar-refractivity contribution >= 4 is 17.7 Å². The Bertz CT molecular complexity index is 1210. The molecule has 0 saturated heterocycles. The lowest BCUT2D eigenvalue weighted by molar-refractivity contribution is -0.130. The molecule has 3 amide bonds.